The first-order valence-electron chi connectivity index (χ1n) is 9.93. The molecule has 1 saturated heterocycles. The summed E-state index contributed by atoms with van der Waals surface area (Å²) in [5.41, 5.74) is 4.69. The highest BCUT2D eigenvalue weighted by molar-refractivity contribution is 5.94. The lowest BCUT2D eigenvalue weighted by Crippen LogP contribution is -2.44. The molecule has 150 valence electrons. The molecule has 29 heavy (non-hydrogen) atoms. The lowest BCUT2D eigenvalue weighted by molar-refractivity contribution is 0.0931. The highest BCUT2D eigenvalue weighted by Crippen LogP contribution is 2.24. The van der Waals surface area contributed by atoms with Gasteiger partial charge < -0.3 is 10.2 Å². The molecule has 3 aromatic rings. The molecule has 4 rings (SSSR count). The predicted octanol–water partition coefficient (Wildman–Crippen LogP) is 4.23. The number of carbonyl (C=O) groups is 1. The lowest BCUT2D eigenvalue weighted by Gasteiger charge is -2.32. The number of aromatic nitrogens is 2. The van der Waals surface area contributed by atoms with Crippen LogP contribution in [0.2, 0.25) is 0 Å². The average molecular weight is 392 g/mol. The Morgan fingerprint density at radius 1 is 1.07 bits per heavy atom. The molecule has 0 unspecified atom stereocenters. The van der Waals surface area contributed by atoms with Crippen LogP contribution in [0.3, 0.4) is 0 Å². The van der Waals surface area contributed by atoms with Gasteiger partial charge in [0, 0.05) is 30.8 Å². The van der Waals surface area contributed by atoms with Crippen LogP contribution in [-0.4, -0.2) is 35.2 Å². The summed E-state index contributed by atoms with van der Waals surface area (Å²) >= 11 is 0. The van der Waals surface area contributed by atoms with Crippen molar-refractivity contribution in [1.29, 1.82) is 0 Å². The first-order chi connectivity index (χ1) is 14.0. The molecule has 2 heterocycles. The highest BCUT2D eigenvalue weighted by atomic mass is 19.1. The molecule has 1 aromatic heterocycles. The quantitative estimate of drug-likeness (QED) is 0.698. The van der Waals surface area contributed by atoms with Crippen LogP contribution >= 0.6 is 0 Å². The van der Waals surface area contributed by atoms with Crippen LogP contribution in [0.4, 0.5) is 10.2 Å². The van der Waals surface area contributed by atoms with E-state index in [2.05, 4.69) is 26.5 Å². The van der Waals surface area contributed by atoms with E-state index in [4.69, 9.17) is 0 Å². The van der Waals surface area contributed by atoms with Crippen molar-refractivity contribution in [3.63, 3.8) is 0 Å². The molecule has 1 aliphatic rings. The molecule has 6 heteroatoms. The van der Waals surface area contributed by atoms with Gasteiger partial charge in [-0.15, -0.1) is 0 Å². The normalized spacial score (nSPS) is 14.8. The monoisotopic (exact) mass is 392 g/mol. The number of benzene rings is 2. The van der Waals surface area contributed by atoms with Crippen molar-refractivity contribution < 1.29 is 9.18 Å². The molecule has 0 radical (unpaired) electrons. The zero-order valence-electron chi connectivity index (χ0n) is 16.7. The molecule has 2 aromatic carbocycles. The van der Waals surface area contributed by atoms with Crippen molar-refractivity contribution in [2.75, 3.05) is 18.0 Å². The second-order valence-electron chi connectivity index (χ2n) is 7.76. The number of aryl methyl sites for hydroxylation is 2. The van der Waals surface area contributed by atoms with E-state index in [-0.39, 0.29) is 17.8 Å². The molecule has 0 bridgehead atoms. The van der Waals surface area contributed by atoms with E-state index in [9.17, 15) is 9.18 Å². The maximum Gasteiger partial charge on any atom is 0.251 e. The maximum atomic E-state index is 13.1. The Hall–Kier alpha value is -3.15. The van der Waals surface area contributed by atoms with E-state index < -0.39 is 0 Å². The molecule has 2 N–H and O–H groups in total. The summed E-state index contributed by atoms with van der Waals surface area (Å²) in [7, 11) is 0. The number of anilines is 1. The Morgan fingerprint density at radius 2 is 1.72 bits per heavy atom. The van der Waals surface area contributed by atoms with E-state index in [1.54, 1.807) is 12.1 Å². The molecular formula is C23H25FN4O. The van der Waals surface area contributed by atoms with E-state index in [0.717, 1.165) is 59.7 Å². The standard InChI is InChI=1S/C23H25FN4O/c1-15-11-16(2)13-18(12-15)23(29)25-20-7-9-28(10-8-20)22-14-21(26-27-22)17-3-5-19(24)6-4-17/h3-6,11-14,20H,7-10H2,1-2H3,(H,25,29)(H,26,27). The van der Waals surface area contributed by atoms with Crippen LogP contribution in [0.15, 0.2) is 48.5 Å². The number of hydrogen-bond acceptors (Lipinski definition) is 3. The third-order valence-corrected chi connectivity index (χ3v) is 5.36. The Kier molecular flexibility index (Phi) is 5.34. The molecule has 0 aliphatic carbocycles. The number of hydrogen-bond donors (Lipinski definition) is 2. The van der Waals surface area contributed by atoms with Gasteiger partial charge in [0.05, 0.1) is 5.69 Å². The number of H-pyrrole nitrogens is 1. The Morgan fingerprint density at radius 3 is 2.38 bits per heavy atom. The van der Waals surface area contributed by atoms with Crippen LogP contribution in [0, 0.1) is 19.7 Å². The van der Waals surface area contributed by atoms with E-state index >= 15 is 0 Å². The smallest absolute Gasteiger partial charge is 0.251 e. The molecule has 1 amide bonds. The minimum Gasteiger partial charge on any atom is -0.355 e. The van der Waals surface area contributed by atoms with Gasteiger partial charge in [-0.25, -0.2) is 4.39 Å². The van der Waals surface area contributed by atoms with Gasteiger partial charge in [-0.3, -0.25) is 9.89 Å². The number of piperidine rings is 1. The fourth-order valence-corrected chi connectivity index (χ4v) is 3.88. The maximum absolute atomic E-state index is 13.1. The third kappa shape index (κ3) is 4.47. The summed E-state index contributed by atoms with van der Waals surface area (Å²) in [6.07, 6.45) is 1.74. The second kappa shape index (κ2) is 8.07. The molecule has 0 atom stereocenters. The van der Waals surface area contributed by atoms with Gasteiger partial charge in [0.1, 0.15) is 5.82 Å². The van der Waals surface area contributed by atoms with Gasteiger partial charge in [0.2, 0.25) is 0 Å². The summed E-state index contributed by atoms with van der Waals surface area (Å²) < 4.78 is 13.1. The number of rotatable bonds is 4. The van der Waals surface area contributed by atoms with E-state index in [0.29, 0.717) is 0 Å². The van der Waals surface area contributed by atoms with Gasteiger partial charge in [0.25, 0.3) is 5.91 Å². The number of nitrogens with one attached hydrogen (secondary N) is 2. The first kappa shape index (κ1) is 19.2. The summed E-state index contributed by atoms with van der Waals surface area (Å²) in [5, 5.41) is 10.6. The van der Waals surface area contributed by atoms with Gasteiger partial charge in [0.15, 0.2) is 5.82 Å². The summed E-state index contributed by atoms with van der Waals surface area (Å²) in [6, 6.07) is 14.4. The van der Waals surface area contributed by atoms with Crippen molar-refractivity contribution in [2.45, 2.75) is 32.7 Å². The highest BCUT2D eigenvalue weighted by Gasteiger charge is 2.23. The van der Waals surface area contributed by atoms with Crippen LogP contribution < -0.4 is 10.2 Å². The van der Waals surface area contributed by atoms with Gasteiger partial charge in [-0.05, 0) is 68.7 Å². The molecule has 1 aliphatic heterocycles. The largest absolute Gasteiger partial charge is 0.355 e. The minimum absolute atomic E-state index is 0.00591. The lowest BCUT2D eigenvalue weighted by atomic mass is 10.0. The molecule has 1 fully saturated rings. The van der Waals surface area contributed by atoms with Crippen LogP contribution in [-0.2, 0) is 0 Å². The average Bonchev–Trinajstić information content (AvgIpc) is 3.18. The summed E-state index contributed by atoms with van der Waals surface area (Å²) in [6.45, 7) is 5.66. The van der Waals surface area contributed by atoms with Crippen LogP contribution in [0.1, 0.15) is 34.3 Å². The van der Waals surface area contributed by atoms with E-state index in [1.165, 1.54) is 12.1 Å². The molecule has 5 nitrogen and oxygen atoms in total. The van der Waals surface area contributed by atoms with Crippen molar-refractivity contribution >= 4 is 11.7 Å². The van der Waals surface area contributed by atoms with Crippen molar-refractivity contribution in [1.82, 2.24) is 15.5 Å². The van der Waals surface area contributed by atoms with Gasteiger partial charge >= 0.3 is 0 Å². The van der Waals surface area contributed by atoms with E-state index in [1.807, 2.05) is 32.0 Å². The topological polar surface area (TPSA) is 61.0 Å². The number of aromatic amines is 1. The van der Waals surface area contributed by atoms with Crippen LogP contribution in [0.5, 0.6) is 0 Å². The zero-order valence-corrected chi connectivity index (χ0v) is 16.7. The van der Waals surface area contributed by atoms with Crippen LogP contribution in [0.25, 0.3) is 11.3 Å². The Labute approximate surface area is 169 Å². The summed E-state index contributed by atoms with van der Waals surface area (Å²) in [5.74, 6) is 0.621. The molecular weight excluding hydrogens is 367 g/mol. The minimum atomic E-state index is -0.251. The Bertz CT molecular complexity index is 984. The zero-order chi connectivity index (χ0) is 20.4. The number of carbonyl (C=O) groups excluding carboxylic acids is 1. The van der Waals surface area contributed by atoms with Crippen molar-refractivity contribution in [3.8, 4) is 11.3 Å². The number of nitrogens with zero attached hydrogens (tertiary/aromatic N) is 2. The molecule has 0 saturated carbocycles. The molecule has 0 spiro atoms. The Balaban J connectivity index is 1.35. The fraction of sp³-hybridized carbons (Fsp3) is 0.304. The second-order valence-corrected chi connectivity index (χ2v) is 7.76. The fourth-order valence-electron chi connectivity index (χ4n) is 3.88. The SMILES string of the molecule is Cc1cc(C)cc(C(=O)NC2CCN(c3cc(-c4ccc(F)cc4)[nH]n3)CC2)c1. The number of amides is 1. The summed E-state index contributed by atoms with van der Waals surface area (Å²) in [4.78, 5) is 14.8. The van der Waals surface area contributed by atoms with Gasteiger partial charge in [-0.2, -0.15) is 5.10 Å². The van der Waals surface area contributed by atoms with Gasteiger partial charge in [-0.1, -0.05) is 17.2 Å². The van der Waals surface area contributed by atoms with Crippen molar-refractivity contribution in [2.24, 2.45) is 0 Å². The van der Waals surface area contributed by atoms with Crippen molar-refractivity contribution in [3.05, 3.63) is 71.0 Å². The predicted molar refractivity (Wildman–Crippen MR) is 113 cm³/mol. The first-order valence-corrected chi connectivity index (χ1v) is 9.93. The number of halogens is 1. The third-order valence-electron chi connectivity index (χ3n) is 5.36.